The van der Waals surface area contributed by atoms with Crippen molar-refractivity contribution in [2.24, 2.45) is 0 Å². The summed E-state index contributed by atoms with van der Waals surface area (Å²) in [6.07, 6.45) is 1.41. The first-order valence-electron chi connectivity index (χ1n) is 10.0. The fraction of sp³-hybridized carbons (Fsp3) is 0.217. The van der Waals surface area contributed by atoms with E-state index >= 15 is 0 Å². The van der Waals surface area contributed by atoms with Gasteiger partial charge in [0.05, 0.1) is 23.7 Å². The summed E-state index contributed by atoms with van der Waals surface area (Å²) in [5.41, 5.74) is 3.79. The Morgan fingerprint density at radius 1 is 1.26 bits per heavy atom. The number of hydrogen-bond acceptors (Lipinski definition) is 4. The van der Waals surface area contributed by atoms with Crippen molar-refractivity contribution in [2.45, 2.75) is 24.7 Å². The minimum atomic E-state index is -0.513. The van der Waals surface area contributed by atoms with Crippen LogP contribution < -0.4 is 4.90 Å². The van der Waals surface area contributed by atoms with Crippen LogP contribution in [0.3, 0.4) is 0 Å². The number of benzene rings is 2. The van der Waals surface area contributed by atoms with Gasteiger partial charge in [-0.1, -0.05) is 41.6 Å². The Morgan fingerprint density at radius 3 is 2.81 bits per heavy atom. The van der Waals surface area contributed by atoms with E-state index < -0.39 is 12.1 Å². The summed E-state index contributed by atoms with van der Waals surface area (Å²) in [5, 5.41) is 1.44. The molecule has 0 fully saturated rings. The first-order valence-corrected chi connectivity index (χ1v) is 11.4. The van der Waals surface area contributed by atoms with Crippen LogP contribution in [-0.2, 0) is 11.3 Å². The molecule has 1 atom stereocenters. The summed E-state index contributed by atoms with van der Waals surface area (Å²) in [4.78, 5) is 19.6. The van der Waals surface area contributed by atoms with Gasteiger partial charge < -0.3 is 9.30 Å². The van der Waals surface area contributed by atoms with Crippen molar-refractivity contribution in [1.82, 2.24) is 9.55 Å². The Morgan fingerprint density at radius 2 is 2.03 bits per heavy atom. The molecule has 1 amide bonds. The lowest BCUT2D eigenvalue weighted by Crippen LogP contribution is -2.38. The van der Waals surface area contributed by atoms with Gasteiger partial charge in [0.2, 0.25) is 0 Å². The van der Waals surface area contributed by atoms with Crippen molar-refractivity contribution in [1.29, 1.82) is 0 Å². The van der Waals surface area contributed by atoms with Crippen LogP contribution in [0.4, 0.5) is 14.9 Å². The van der Waals surface area contributed by atoms with E-state index in [4.69, 9.17) is 21.3 Å². The van der Waals surface area contributed by atoms with E-state index in [9.17, 15) is 9.18 Å². The lowest BCUT2D eigenvalue weighted by molar-refractivity contribution is 0.158. The van der Waals surface area contributed by atoms with E-state index in [2.05, 4.69) is 4.57 Å². The summed E-state index contributed by atoms with van der Waals surface area (Å²) in [6.45, 7) is 2.80. The van der Waals surface area contributed by atoms with Crippen LogP contribution >= 0.6 is 23.4 Å². The number of hydrogen-bond donors (Lipinski definition) is 0. The number of aromatic nitrogens is 2. The maximum atomic E-state index is 13.6. The SMILES string of the molecule is CCOC(=O)N1c2ccccc2C(Cl)=CC1c1c(-c2ccc(F)cc2)nc2n1CCS2. The number of para-hydroxylation sites is 1. The summed E-state index contributed by atoms with van der Waals surface area (Å²) in [6, 6.07) is 13.2. The topological polar surface area (TPSA) is 47.4 Å². The fourth-order valence-corrected chi connectivity index (χ4v) is 5.30. The standard InChI is InChI=1S/C23H19ClFN3O2S/c1-2-30-23(29)28-18-6-4-3-5-16(18)17(24)13-19(28)21-20(14-7-9-15(25)10-8-14)26-22-27(21)11-12-31-22/h3-10,13,19H,2,11-12H2,1H3. The fourth-order valence-electron chi connectivity index (χ4n) is 4.06. The average molecular weight is 456 g/mol. The Hall–Kier alpha value is -2.77. The molecule has 5 nitrogen and oxygen atoms in total. The Bertz CT molecular complexity index is 1190. The van der Waals surface area contributed by atoms with E-state index in [0.29, 0.717) is 16.4 Å². The largest absolute Gasteiger partial charge is 0.449 e. The summed E-state index contributed by atoms with van der Waals surface area (Å²) < 4.78 is 21.1. The average Bonchev–Trinajstić information content (AvgIpc) is 3.36. The first-order chi connectivity index (χ1) is 15.1. The molecule has 0 bridgehead atoms. The van der Waals surface area contributed by atoms with Gasteiger partial charge in [0, 0.05) is 28.5 Å². The number of ether oxygens (including phenoxy) is 1. The van der Waals surface area contributed by atoms with Gasteiger partial charge in [0.15, 0.2) is 5.16 Å². The molecule has 5 rings (SSSR count). The summed E-state index contributed by atoms with van der Waals surface area (Å²) in [7, 11) is 0. The maximum Gasteiger partial charge on any atom is 0.415 e. The molecule has 3 heterocycles. The van der Waals surface area contributed by atoms with E-state index in [1.165, 1.54) is 12.1 Å². The first kappa shape index (κ1) is 20.2. The molecular weight excluding hydrogens is 437 g/mol. The molecule has 0 spiro atoms. The van der Waals surface area contributed by atoms with E-state index in [0.717, 1.165) is 34.3 Å². The molecule has 1 unspecified atom stereocenters. The minimum absolute atomic E-state index is 0.257. The smallest absolute Gasteiger partial charge is 0.415 e. The zero-order valence-corrected chi connectivity index (χ0v) is 18.3. The molecule has 8 heteroatoms. The van der Waals surface area contributed by atoms with E-state index in [-0.39, 0.29) is 12.4 Å². The molecular formula is C23H19ClFN3O2S. The number of carbonyl (C=O) groups is 1. The van der Waals surface area contributed by atoms with Crippen LogP contribution in [0.2, 0.25) is 0 Å². The van der Waals surface area contributed by atoms with Crippen molar-refractivity contribution in [3.63, 3.8) is 0 Å². The van der Waals surface area contributed by atoms with Gasteiger partial charge in [0.1, 0.15) is 11.9 Å². The molecule has 3 aromatic rings. The molecule has 0 saturated carbocycles. The molecule has 0 aliphatic carbocycles. The van der Waals surface area contributed by atoms with Gasteiger partial charge in [-0.05, 0) is 43.3 Å². The molecule has 2 aliphatic rings. The number of fused-ring (bicyclic) bond motifs is 2. The third-order valence-electron chi connectivity index (χ3n) is 5.38. The predicted octanol–water partition coefficient (Wildman–Crippen LogP) is 6.09. The van der Waals surface area contributed by atoms with Gasteiger partial charge in [-0.25, -0.2) is 14.2 Å². The molecule has 0 saturated heterocycles. The quantitative estimate of drug-likeness (QED) is 0.479. The second-order valence-corrected chi connectivity index (χ2v) is 8.65. The molecule has 2 aliphatic heterocycles. The zero-order chi connectivity index (χ0) is 21.5. The van der Waals surface area contributed by atoms with Gasteiger partial charge in [0.25, 0.3) is 0 Å². The normalized spacial score (nSPS) is 17.2. The molecule has 0 radical (unpaired) electrons. The lowest BCUT2D eigenvalue weighted by Gasteiger charge is -2.34. The molecule has 0 N–H and O–H groups in total. The van der Waals surface area contributed by atoms with Crippen molar-refractivity contribution in [3.8, 4) is 11.3 Å². The van der Waals surface area contributed by atoms with E-state index in [1.54, 1.807) is 35.7 Å². The number of anilines is 1. The highest BCUT2D eigenvalue weighted by Gasteiger charge is 2.38. The molecule has 2 aromatic carbocycles. The predicted molar refractivity (Wildman–Crippen MR) is 121 cm³/mol. The highest BCUT2D eigenvalue weighted by atomic mass is 35.5. The van der Waals surface area contributed by atoms with Crippen molar-refractivity contribution < 1.29 is 13.9 Å². The van der Waals surface area contributed by atoms with Crippen molar-refractivity contribution in [2.75, 3.05) is 17.3 Å². The number of nitrogens with zero attached hydrogens (tertiary/aromatic N) is 3. The number of halogens is 2. The van der Waals surface area contributed by atoms with Gasteiger partial charge in [-0.15, -0.1) is 0 Å². The van der Waals surface area contributed by atoms with E-state index in [1.807, 2.05) is 30.3 Å². The van der Waals surface area contributed by atoms with Gasteiger partial charge in [-0.2, -0.15) is 0 Å². The highest BCUT2D eigenvalue weighted by Crippen LogP contribution is 2.46. The van der Waals surface area contributed by atoms with Crippen molar-refractivity contribution >= 4 is 40.2 Å². The highest BCUT2D eigenvalue weighted by molar-refractivity contribution is 7.99. The van der Waals surface area contributed by atoms with Crippen LogP contribution in [0.25, 0.3) is 16.3 Å². The van der Waals surface area contributed by atoms with Gasteiger partial charge in [-0.3, -0.25) is 4.90 Å². The molecule has 31 heavy (non-hydrogen) atoms. The van der Waals surface area contributed by atoms with Crippen molar-refractivity contribution in [3.05, 3.63) is 71.7 Å². The molecule has 1 aromatic heterocycles. The van der Waals surface area contributed by atoms with Crippen LogP contribution in [0, 0.1) is 5.82 Å². The number of thioether (sulfide) groups is 1. The molecule has 158 valence electrons. The van der Waals surface area contributed by atoms with Crippen LogP contribution in [0.1, 0.15) is 24.2 Å². The third kappa shape index (κ3) is 3.42. The van der Waals surface area contributed by atoms with Gasteiger partial charge >= 0.3 is 6.09 Å². The second kappa shape index (κ2) is 8.05. The Balaban J connectivity index is 1.72. The Kier molecular flexibility index (Phi) is 5.24. The van der Waals surface area contributed by atoms with Crippen LogP contribution in [0.5, 0.6) is 0 Å². The van der Waals surface area contributed by atoms with Crippen LogP contribution in [-0.4, -0.2) is 28.0 Å². The monoisotopic (exact) mass is 455 g/mol. The zero-order valence-electron chi connectivity index (χ0n) is 16.7. The number of imidazole rings is 1. The second-order valence-electron chi connectivity index (χ2n) is 7.18. The summed E-state index contributed by atoms with van der Waals surface area (Å²) in [5.74, 6) is 0.591. The van der Waals surface area contributed by atoms with Crippen LogP contribution in [0.15, 0.2) is 59.8 Å². The Labute approximate surface area is 188 Å². The lowest BCUT2D eigenvalue weighted by atomic mass is 9.97. The summed E-state index contributed by atoms with van der Waals surface area (Å²) >= 11 is 8.33. The number of rotatable bonds is 3. The maximum absolute atomic E-state index is 13.6. The number of amides is 1. The number of carbonyl (C=O) groups excluding carboxylic acids is 1. The minimum Gasteiger partial charge on any atom is -0.449 e. The third-order valence-corrected chi connectivity index (χ3v) is 6.67.